The fourth-order valence-electron chi connectivity index (χ4n) is 1.15. The van der Waals surface area contributed by atoms with Gasteiger partial charge in [0.15, 0.2) is 6.29 Å². The average molecular weight is 243 g/mol. The van der Waals surface area contributed by atoms with Crippen molar-refractivity contribution in [1.82, 2.24) is 10.3 Å². The highest BCUT2D eigenvalue weighted by molar-refractivity contribution is 6.31. The van der Waals surface area contributed by atoms with Crippen molar-refractivity contribution in [2.24, 2.45) is 0 Å². The van der Waals surface area contributed by atoms with Crippen LogP contribution in [0.2, 0.25) is 5.15 Å². The van der Waals surface area contributed by atoms with Crippen LogP contribution < -0.4 is 5.32 Å². The molecular weight excluding hydrogens is 224 g/mol. The van der Waals surface area contributed by atoms with Crippen LogP contribution in [0.5, 0.6) is 0 Å². The first-order valence-electron chi connectivity index (χ1n) is 5.29. The molecule has 0 aliphatic heterocycles. The SMILES string of the molecule is CC(C)NC(C)C.O=Cc1cccnc1Cl. The standard InChI is InChI=1S/C6H4ClNO.C6H15N/c7-6-5(4-9)2-1-3-8-6;1-5(2)7-6(3)4/h1-4H;5-7H,1-4H3. The average Bonchev–Trinajstić information content (AvgIpc) is 2.17. The molecule has 0 bridgehead atoms. The highest BCUT2D eigenvalue weighted by Crippen LogP contribution is 2.07. The summed E-state index contributed by atoms with van der Waals surface area (Å²) in [4.78, 5) is 13.8. The molecule has 4 heteroatoms. The molecule has 90 valence electrons. The van der Waals surface area contributed by atoms with Gasteiger partial charge in [0.25, 0.3) is 0 Å². The normalized spacial score (nSPS) is 9.94. The minimum atomic E-state index is 0.257. The summed E-state index contributed by atoms with van der Waals surface area (Å²) in [7, 11) is 0. The fourth-order valence-corrected chi connectivity index (χ4v) is 1.32. The second-order valence-electron chi connectivity index (χ2n) is 3.98. The summed E-state index contributed by atoms with van der Waals surface area (Å²) >= 11 is 5.48. The zero-order valence-electron chi connectivity index (χ0n) is 10.2. The molecule has 0 aliphatic rings. The van der Waals surface area contributed by atoms with Crippen LogP contribution in [-0.2, 0) is 0 Å². The minimum Gasteiger partial charge on any atom is -0.312 e. The Hall–Kier alpha value is -0.930. The number of rotatable bonds is 3. The lowest BCUT2D eigenvalue weighted by atomic mass is 10.3. The van der Waals surface area contributed by atoms with E-state index in [9.17, 15) is 4.79 Å². The molecule has 0 amide bonds. The maximum Gasteiger partial charge on any atom is 0.153 e. The Labute approximate surface area is 102 Å². The number of nitrogens with zero attached hydrogens (tertiary/aromatic N) is 1. The first-order valence-corrected chi connectivity index (χ1v) is 5.67. The molecule has 0 aliphatic carbocycles. The summed E-state index contributed by atoms with van der Waals surface area (Å²) in [5.41, 5.74) is 0.430. The van der Waals surface area contributed by atoms with Crippen LogP contribution in [0.15, 0.2) is 18.3 Å². The second-order valence-corrected chi connectivity index (χ2v) is 4.34. The lowest BCUT2D eigenvalue weighted by Crippen LogP contribution is -2.29. The van der Waals surface area contributed by atoms with Crippen LogP contribution in [0.1, 0.15) is 38.1 Å². The first kappa shape index (κ1) is 15.1. The summed E-state index contributed by atoms with van der Waals surface area (Å²) in [6, 6.07) is 4.53. The van der Waals surface area contributed by atoms with Crippen molar-refractivity contribution in [2.75, 3.05) is 0 Å². The Morgan fingerprint density at radius 3 is 2.12 bits per heavy atom. The molecule has 0 spiro atoms. The van der Waals surface area contributed by atoms with Crippen molar-refractivity contribution in [3.05, 3.63) is 29.0 Å². The molecular formula is C12H19ClN2O. The van der Waals surface area contributed by atoms with Crippen molar-refractivity contribution in [2.45, 2.75) is 39.8 Å². The molecule has 0 saturated carbocycles. The van der Waals surface area contributed by atoms with Crippen LogP contribution >= 0.6 is 11.6 Å². The molecule has 0 fully saturated rings. The molecule has 1 aromatic rings. The Kier molecular flexibility index (Phi) is 7.77. The summed E-state index contributed by atoms with van der Waals surface area (Å²) in [6.07, 6.45) is 2.21. The number of nitrogens with one attached hydrogen (secondary N) is 1. The van der Waals surface area contributed by atoms with E-state index in [-0.39, 0.29) is 5.15 Å². The van der Waals surface area contributed by atoms with Gasteiger partial charge < -0.3 is 5.32 Å². The number of aromatic nitrogens is 1. The third-order valence-electron chi connectivity index (χ3n) is 1.58. The molecule has 0 unspecified atom stereocenters. The molecule has 3 nitrogen and oxygen atoms in total. The molecule has 16 heavy (non-hydrogen) atoms. The highest BCUT2D eigenvalue weighted by atomic mass is 35.5. The maximum atomic E-state index is 10.1. The fraction of sp³-hybridized carbons (Fsp3) is 0.500. The predicted octanol–water partition coefficient (Wildman–Crippen LogP) is 2.94. The zero-order valence-corrected chi connectivity index (χ0v) is 11.0. The third-order valence-corrected chi connectivity index (χ3v) is 1.90. The number of carbonyl (C=O) groups excluding carboxylic acids is 1. The molecule has 1 heterocycles. The van der Waals surface area contributed by atoms with E-state index in [1.165, 1.54) is 6.20 Å². The number of pyridine rings is 1. The van der Waals surface area contributed by atoms with Crippen LogP contribution in [0.25, 0.3) is 0 Å². The topological polar surface area (TPSA) is 42.0 Å². The summed E-state index contributed by atoms with van der Waals surface area (Å²) in [5.74, 6) is 0. The Balaban J connectivity index is 0.000000293. The Morgan fingerprint density at radius 2 is 1.88 bits per heavy atom. The molecule has 1 aromatic heterocycles. The van der Waals surface area contributed by atoms with E-state index in [1.807, 2.05) is 0 Å². The van der Waals surface area contributed by atoms with Gasteiger partial charge in [0.2, 0.25) is 0 Å². The lowest BCUT2D eigenvalue weighted by molar-refractivity contribution is 0.112. The predicted molar refractivity (Wildman–Crippen MR) is 68.0 cm³/mol. The van der Waals surface area contributed by atoms with Gasteiger partial charge in [0.05, 0.1) is 5.56 Å². The largest absolute Gasteiger partial charge is 0.312 e. The van der Waals surface area contributed by atoms with Crippen molar-refractivity contribution in [3.8, 4) is 0 Å². The molecule has 0 saturated heterocycles. The van der Waals surface area contributed by atoms with Crippen LogP contribution in [0.3, 0.4) is 0 Å². The monoisotopic (exact) mass is 242 g/mol. The van der Waals surface area contributed by atoms with Gasteiger partial charge in [-0.3, -0.25) is 4.79 Å². The Morgan fingerprint density at radius 1 is 1.31 bits per heavy atom. The van der Waals surface area contributed by atoms with Gasteiger partial charge in [-0.15, -0.1) is 0 Å². The quantitative estimate of drug-likeness (QED) is 0.655. The van der Waals surface area contributed by atoms with Gasteiger partial charge >= 0.3 is 0 Å². The molecule has 1 rings (SSSR count). The summed E-state index contributed by atoms with van der Waals surface area (Å²) in [5, 5.41) is 3.56. The number of aldehydes is 1. The Bertz CT molecular complexity index is 308. The van der Waals surface area contributed by atoms with Gasteiger partial charge in [-0.05, 0) is 12.1 Å². The summed E-state index contributed by atoms with van der Waals surface area (Å²) in [6.45, 7) is 8.61. The minimum absolute atomic E-state index is 0.257. The van der Waals surface area contributed by atoms with Gasteiger partial charge in [0.1, 0.15) is 5.15 Å². The van der Waals surface area contributed by atoms with E-state index in [4.69, 9.17) is 11.6 Å². The van der Waals surface area contributed by atoms with Crippen LogP contribution in [0.4, 0.5) is 0 Å². The van der Waals surface area contributed by atoms with Gasteiger partial charge in [0, 0.05) is 18.3 Å². The van der Waals surface area contributed by atoms with Crippen LogP contribution in [0, 0.1) is 0 Å². The smallest absolute Gasteiger partial charge is 0.153 e. The number of hydrogen-bond acceptors (Lipinski definition) is 3. The molecule has 0 radical (unpaired) electrons. The van der Waals surface area contributed by atoms with Crippen molar-refractivity contribution in [1.29, 1.82) is 0 Å². The van der Waals surface area contributed by atoms with Gasteiger partial charge in [-0.25, -0.2) is 4.98 Å². The number of hydrogen-bond donors (Lipinski definition) is 1. The van der Waals surface area contributed by atoms with Gasteiger partial charge in [-0.2, -0.15) is 0 Å². The van der Waals surface area contributed by atoms with Crippen molar-refractivity contribution < 1.29 is 4.79 Å². The zero-order chi connectivity index (χ0) is 12.6. The molecule has 0 atom stereocenters. The molecule has 0 aromatic carbocycles. The van der Waals surface area contributed by atoms with E-state index < -0.39 is 0 Å². The highest BCUT2D eigenvalue weighted by Gasteiger charge is 1.94. The lowest BCUT2D eigenvalue weighted by Gasteiger charge is -2.10. The maximum absolute atomic E-state index is 10.1. The van der Waals surface area contributed by atoms with E-state index in [0.717, 1.165) is 0 Å². The van der Waals surface area contributed by atoms with E-state index in [1.54, 1.807) is 12.1 Å². The van der Waals surface area contributed by atoms with Gasteiger partial charge in [-0.1, -0.05) is 39.3 Å². The number of carbonyl (C=O) groups is 1. The first-order chi connectivity index (χ1) is 7.47. The number of halogens is 1. The molecule has 1 N–H and O–H groups in total. The van der Waals surface area contributed by atoms with E-state index in [2.05, 4.69) is 38.0 Å². The van der Waals surface area contributed by atoms with E-state index >= 15 is 0 Å². The van der Waals surface area contributed by atoms with Crippen molar-refractivity contribution >= 4 is 17.9 Å². The van der Waals surface area contributed by atoms with E-state index in [0.29, 0.717) is 23.9 Å². The summed E-state index contributed by atoms with van der Waals surface area (Å²) < 4.78 is 0. The van der Waals surface area contributed by atoms with Crippen molar-refractivity contribution in [3.63, 3.8) is 0 Å². The second kappa shape index (κ2) is 8.25. The third kappa shape index (κ3) is 7.37. The van der Waals surface area contributed by atoms with Crippen LogP contribution in [-0.4, -0.2) is 23.4 Å².